The van der Waals surface area contributed by atoms with Crippen LogP contribution in [0.4, 0.5) is 0 Å². The van der Waals surface area contributed by atoms with Crippen LogP contribution in [0.25, 0.3) is 0 Å². The summed E-state index contributed by atoms with van der Waals surface area (Å²) >= 11 is 0. The van der Waals surface area contributed by atoms with E-state index in [1.165, 1.54) is 31.9 Å². The van der Waals surface area contributed by atoms with E-state index >= 15 is 0 Å². The predicted octanol–water partition coefficient (Wildman–Crippen LogP) is 2.67. The molecule has 1 saturated heterocycles. The van der Waals surface area contributed by atoms with E-state index < -0.39 is 0 Å². The molecule has 1 heterocycles. The van der Waals surface area contributed by atoms with Gasteiger partial charge in [-0.3, -0.25) is 9.69 Å². The highest BCUT2D eigenvalue weighted by atomic mass is 16.2. The van der Waals surface area contributed by atoms with Gasteiger partial charge < -0.3 is 4.90 Å². The molecule has 3 heteroatoms. The van der Waals surface area contributed by atoms with E-state index in [4.69, 9.17) is 0 Å². The van der Waals surface area contributed by atoms with Crippen molar-refractivity contribution in [2.75, 3.05) is 19.6 Å². The lowest BCUT2D eigenvalue weighted by molar-refractivity contribution is -0.128. The zero-order valence-corrected chi connectivity index (χ0v) is 12.7. The summed E-state index contributed by atoms with van der Waals surface area (Å²) in [5, 5.41) is 0. The molecule has 0 spiro atoms. The topological polar surface area (TPSA) is 23.6 Å². The van der Waals surface area contributed by atoms with Crippen molar-refractivity contribution in [2.24, 2.45) is 5.92 Å². The molecule has 0 aromatic heterocycles. The van der Waals surface area contributed by atoms with Gasteiger partial charge in [-0.2, -0.15) is 0 Å². The number of nitrogens with zero attached hydrogens (tertiary/aromatic N) is 2. The molecule has 3 nitrogen and oxygen atoms in total. The van der Waals surface area contributed by atoms with Gasteiger partial charge in [0.25, 0.3) is 0 Å². The van der Waals surface area contributed by atoms with Gasteiger partial charge in [0.05, 0.1) is 0 Å². The molecule has 0 N–H and O–H groups in total. The highest BCUT2D eigenvalue weighted by molar-refractivity contribution is 5.87. The van der Waals surface area contributed by atoms with Crippen LogP contribution in [0.2, 0.25) is 0 Å². The standard InChI is InChI=1S/C16H28N2O/c1-5-15(19)17-10-6-7-14(12-17)18(16(2,3)4)11-13-8-9-13/h5,13-14H,1,6-12H2,2-4H3. The lowest BCUT2D eigenvalue weighted by atomic mass is 9.96. The van der Waals surface area contributed by atoms with Crippen LogP contribution in [0.5, 0.6) is 0 Å². The van der Waals surface area contributed by atoms with Crippen LogP contribution in [0, 0.1) is 5.92 Å². The Morgan fingerprint density at radius 2 is 2.05 bits per heavy atom. The van der Waals surface area contributed by atoms with E-state index in [1.807, 2.05) is 4.90 Å². The minimum atomic E-state index is 0.0879. The molecular weight excluding hydrogens is 236 g/mol. The van der Waals surface area contributed by atoms with Crippen molar-refractivity contribution in [2.45, 2.75) is 58.0 Å². The maximum absolute atomic E-state index is 11.8. The van der Waals surface area contributed by atoms with Crippen LogP contribution in [-0.2, 0) is 4.79 Å². The first-order chi connectivity index (χ1) is 8.91. The van der Waals surface area contributed by atoms with Crippen molar-refractivity contribution in [3.8, 4) is 0 Å². The lowest BCUT2D eigenvalue weighted by Crippen LogP contribution is -2.56. The second-order valence-corrected chi connectivity index (χ2v) is 7.05. The summed E-state index contributed by atoms with van der Waals surface area (Å²) in [6.45, 7) is 13.5. The number of amides is 1. The summed E-state index contributed by atoms with van der Waals surface area (Å²) < 4.78 is 0. The zero-order chi connectivity index (χ0) is 14.0. The molecule has 2 aliphatic rings. The van der Waals surface area contributed by atoms with E-state index in [2.05, 4.69) is 32.3 Å². The number of hydrogen-bond acceptors (Lipinski definition) is 2. The summed E-state index contributed by atoms with van der Waals surface area (Å²) in [5.41, 5.74) is 0.188. The predicted molar refractivity (Wildman–Crippen MR) is 79.0 cm³/mol. The van der Waals surface area contributed by atoms with Crippen LogP contribution >= 0.6 is 0 Å². The minimum absolute atomic E-state index is 0.0879. The number of likely N-dealkylation sites (tertiary alicyclic amines) is 1. The molecule has 1 amide bonds. The van der Waals surface area contributed by atoms with Gasteiger partial charge in [-0.15, -0.1) is 0 Å². The molecule has 2 rings (SSSR count). The first-order valence-electron chi connectivity index (χ1n) is 7.60. The summed E-state index contributed by atoms with van der Waals surface area (Å²) in [5.74, 6) is 0.981. The molecular formula is C16H28N2O. The number of carbonyl (C=O) groups is 1. The minimum Gasteiger partial charge on any atom is -0.338 e. The summed E-state index contributed by atoms with van der Waals surface area (Å²) in [7, 11) is 0. The van der Waals surface area contributed by atoms with Crippen LogP contribution in [0.3, 0.4) is 0 Å². The lowest BCUT2D eigenvalue weighted by Gasteiger charge is -2.46. The summed E-state index contributed by atoms with van der Waals surface area (Å²) in [6, 6.07) is 0.512. The van der Waals surface area contributed by atoms with Gasteiger partial charge in [0, 0.05) is 31.2 Å². The Kier molecular flexibility index (Phi) is 4.34. The van der Waals surface area contributed by atoms with Crippen LogP contribution in [0.15, 0.2) is 12.7 Å². The fraction of sp³-hybridized carbons (Fsp3) is 0.812. The molecule has 1 aliphatic carbocycles. The number of hydrogen-bond donors (Lipinski definition) is 0. The largest absolute Gasteiger partial charge is 0.338 e. The van der Waals surface area contributed by atoms with Gasteiger partial charge in [0.1, 0.15) is 0 Å². The van der Waals surface area contributed by atoms with Gasteiger partial charge in [-0.1, -0.05) is 6.58 Å². The Hall–Kier alpha value is -0.830. The molecule has 0 aromatic rings. The number of piperidine rings is 1. The Morgan fingerprint density at radius 1 is 1.37 bits per heavy atom. The highest BCUT2D eigenvalue weighted by Gasteiger charge is 2.36. The molecule has 1 aliphatic heterocycles. The van der Waals surface area contributed by atoms with Crippen LogP contribution in [-0.4, -0.2) is 46.9 Å². The Morgan fingerprint density at radius 3 is 2.58 bits per heavy atom. The van der Waals surface area contributed by atoms with E-state index in [0.717, 1.165) is 25.4 Å². The third-order valence-electron chi connectivity index (χ3n) is 4.34. The molecule has 108 valence electrons. The monoisotopic (exact) mass is 264 g/mol. The van der Waals surface area contributed by atoms with Crippen LogP contribution < -0.4 is 0 Å². The molecule has 1 unspecified atom stereocenters. The van der Waals surface area contributed by atoms with Gasteiger partial charge in [0.15, 0.2) is 0 Å². The van der Waals surface area contributed by atoms with E-state index in [-0.39, 0.29) is 11.4 Å². The second-order valence-electron chi connectivity index (χ2n) is 7.05. The third-order valence-corrected chi connectivity index (χ3v) is 4.34. The molecule has 0 bridgehead atoms. The van der Waals surface area contributed by atoms with Crippen LogP contribution in [0.1, 0.15) is 46.5 Å². The fourth-order valence-corrected chi connectivity index (χ4v) is 3.09. The first-order valence-corrected chi connectivity index (χ1v) is 7.60. The Bertz CT molecular complexity index is 341. The quantitative estimate of drug-likeness (QED) is 0.729. The van der Waals surface area contributed by atoms with Gasteiger partial charge in [0.2, 0.25) is 5.91 Å². The third kappa shape index (κ3) is 3.82. The van der Waals surface area contributed by atoms with Crippen molar-refractivity contribution >= 4 is 5.91 Å². The fourth-order valence-electron chi connectivity index (χ4n) is 3.09. The number of rotatable bonds is 4. The molecule has 0 aromatic carbocycles. The molecule has 1 atom stereocenters. The molecule has 19 heavy (non-hydrogen) atoms. The first kappa shape index (κ1) is 14.6. The van der Waals surface area contributed by atoms with Crippen molar-refractivity contribution in [1.82, 2.24) is 9.80 Å². The van der Waals surface area contributed by atoms with Gasteiger partial charge >= 0.3 is 0 Å². The second kappa shape index (κ2) is 5.66. The van der Waals surface area contributed by atoms with E-state index in [0.29, 0.717) is 6.04 Å². The SMILES string of the molecule is C=CC(=O)N1CCCC(N(CC2CC2)C(C)(C)C)C1. The highest BCUT2D eigenvalue weighted by Crippen LogP contribution is 2.34. The average Bonchev–Trinajstić information content (AvgIpc) is 3.17. The summed E-state index contributed by atoms with van der Waals surface area (Å²) in [6.07, 6.45) is 6.54. The average molecular weight is 264 g/mol. The number of carbonyl (C=O) groups excluding carboxylic acids is 1. The normalized spacial score (nSPS) is 24.6. The molecule has 2 fully saturated rings. The smallest absolute Gasteiger partial charge is 0.246 e. The maximum Gasteiger partial charge on any atom is 0.246 e. The molecule has 1 saturated carbocycles. The van der Waals surface area contributed by atoms with Crippen molar-refractivity contribution < 1.29 is 4.79 Å². The zero-order valence-electron chi connectivity index (χ0n) is 12.7. The van der Waals surface area contributed by atoms with Crippen molar-refractivity contribution in [3.05, 3.63) is 12.7 Å². The van der Waals surface area contributed by atoms with Gasteiger partial charge in [-0.05, 0) is 58.4 Å². The van der Waals surface area contributed by atoms with Crippen molar-refractivity contribution in [3.63, 3.8) is 0 Å². The van der Waals surface area contributed by atoms with E-state index in [1.54, 1.807) is 0 Å². The Balaban J connectivity index is 2.03. The Labute approximate surface area is 117 Å². The van der Waals surface area contributed by atoms with Gasteiger partial charge in [-0.25, -0.2) is 0 Å². The van der Waals surface area contributed by atoms with E-state index in [9.17, 15) is 4.79 Å². The maximum atomic E-state index is 11.8. The summed E-state index contributed by atoms with van der Waals surface area (Å²) in [4.78, 5) is 16.4. The molecule has 0 radical (unpaired) electrons. The van der Waals surface area contributed by atoms with Crippen molar-refractivity contribution in [1.29, 1.82) is 0 Å².